The van der Waals surface area contributed by atoms with Crippen LogP contribution in [-0.4, -0.2) is 10.5 Å². The number of esters is 1. The summed E-state index contributed by atoms with van der Waals surface area (Å²) in [5.74, 6) is -0.423. The van der Waals surface area contributed by atoms with Crippen LogP contribution in [0.15, 0.2) is 37.6 Å². The Hall–Kier alpha value is -2.67. The lowest BCUT2D eigenvalue weighted by Crippen LogP contribution is -2.18. The summed E-state index contributed by atoms with van der Waals surface area (Å²) >= 11 is 1.11. The summed E-state index contributed by atoms with van der Waals surface area (Å²) in [5, 5.41) is 2.51. The highest BCUT2D eigenvalue weighted by Crippen LogP contribution is 2.23. The van der Waals surface area contributed by atoms with Gasteiger partial charge in [-0.05, 0) is 31.9 Å². The zero-order valence-corrected chi connectivity index (χ0v) is 15.6. The van der Waals surface area contributed by atoms with Gasteiger partial charge in [0, 0.05) is 34.6 Å². The number of carbonyl (C=O) groups excluding carboxylic acids is 1. The van der Waals surface area contributed by atoms with Gasteiger partial charge in [0.25, 0.3) is 0 Å². The number of ether oxygens (including phenoxy) is 1. The molecule has 3 aromatic rings. The third kappa shape index (κ3) is 3.62. The second-order valence-electron chi connectivity index (χ2n) is 6.18. The standard InChI is InChI=1S/C19H19NO5S/c1-11-4-5-15-14(8-17(22)25-18(15)13(11)3)9-24-16(21)6-7-20-12(2)10-26-19(20)23/h4-5,8,10H,6-7,9H2,1-3H3. The van der Waals surface area contributed by atoms with E-state index in [9.17, 15) is 14.4 Å². The molecule has 136 valence electrons. The lowest BCUT2D eigenvalue weighted by Gasteiger charge is -2.10. The molecule has 0 saturated heterocycles. The molecule has 2 heterocycles. The van der Waals surface area contributed by atoms with Crippen LogP contribution in [0.3, 0.4) is 0 Å². The molecule has 6 nitrogen and oxygen atoms in total. The largest absolute Gasteiger partial charge is 0.461 e. The molecule has 0 fully saturated rings. The van der Waals surface area contributed by atoms with Gasteiger partial charge in [-0.15, -0.1) is 0 Å². The maximum absolute atomic E-state index is 12.0. The maximum atomic E-state index is 12.0. The van der Waals surface area contributed by atoms with Crippen molar-refractivity contribution in [3.8, 4) is 0 Å². The molecule has 0 N–H and O–H groups in total. The van der Waals surface area contributed by atoms with Gasteiger partial charge < -0.3 is 13.7 Å². The van der Waals surface area contributed by atoms with Crippen molar-refractivity contribution in [2.24, 2.45) is 0 Å². The van der Waals surface area contributed by atoms with Gasteiger partial charge in [0.2, 0.25) is 0 Å². The molecule has 0 aliphatic heterocycles. The molecule has 1 aromatic carbocycles. The van der Waals surface area contributed by atoms with Gasteiger partial charge in [-0.3, -0.25) is 9.59 Å². The number of nitrogens with zero attached hydrogens (tertiary/aromatic N) is 1. The van der Waals surface area contributed by atoms with Gasteiger partial charge in [0.15, 0.2) is 0 Å². The Morgan fingerprint density at radius 1 is 1.23 bits per heavy atom. The molecule has 3 rings (SSSR count). The van der Waals surface area contributed by atoms with Gasteiger partial charge in [0.05, 0.1) is 6.42 Å². The fourth-order valence-corrected chi connectivity index (χ4v) is 3.51. The van der Waals surface area contributed by atoms with E-state index in [0.717, 1.165) is 33.5 Å². The molecule has 7 heteroatoms. The van der Waals surface area contributed by atoms with E-state index >= 15 is 0 Å². The first kappa shape index (κ1) is 18.1. The summed E-state index contributed by atoms with van der Waals surface area (Å²) in [5.41, 5.74) is 3.38. The Balaban J connectivity index is 1.73. The van der Waals surface area contributed by atoms with Crippen LogP contribution in [0.2, 0.25) is 0 Å². The second-order valence-corrected chi connectivity index (χ2v) is 7.00. The van der Waals surface area contributed by atoms with E-state index in [1.54, 1.807) is 9.95 Å². The number of hydrogen-bond acceptors (Lipinski definition) is 6. The van der Waals surface area contributed by atoms with Crippen LogP contribution in [0, 0.1) is 20.8 Å². The van der Waals surface area contributed by atoms with Gasteiger partial charge >= 0.3 is 16.5 Å². The topological polar surface area (TPSA) is 78.5 Å². The first-order valence-electron chi connectivity index (χ1n) is 8.20. The third-order valence-electron chi connectivity index (χ3n) is 4.42. The molecular formula is C19H19NO5S. The van der Waals surface area contributed by atoms with Crippen LogP contribution < -0.4 is 10.5 Å². The zero-order valence-electron chi connectivity index (χ0n) is 14.8. The third-order valence-corrected chi connectivity index (χ3v) is 5.30. The second kappa shape index (κ2) is 7.29. The van der Waals surface area contributed by atoms with E-state index in [-0.39, 0.29) is 24.4 Å². The lowest BCUT2D eigenvalue weighted by atomic mass is 10.0. The number of hydrogen-bond donors (Lipinski definition) is 0. The Morgan fingerprint density at radius 2 is 2.00 bits per heavy atom. The van der Waals surface area contributed by atoms with E-state index in [0.29, 0.717) is 11.1 Å². The van der Waals surface area contributed by atoms with Crippen LogP contribution >= 0.6 is 11.3 Å². The summed E-state index contributed by atoms with van der Waals surface area (Å²) in [6, 6.07) is 5.14. The quantitative estimate of drug-likeness (QED) is 0.507. The van der Waals surface area contributed by atoms with E-state index in [1.165, 1.54) is 6.07 Å². The molecule has 2 aromatic heterocycles. The average molecular weight is 373 g/mol. The molecule has 0 aliphatic carbocycles. The molecule has 0 amide bonds. The molecule has 0 spiro atoms. The number of thiazole rings is 1. The van der Waals surface area contributed by atoms with Crippen molar-refractivity contribution in [2.75, 3.05) is 0 Å². The van der Waals surface area contributed by atoms with E-state index in [2.05, 4.69) is 0 Å². The minimum atomic E-state index is -0.474. The predicted molar refractivity (Wildman–Crippen MR) is 99.7 cm³/mol. The molecule has 0 aliphatic rings. The van der Waals surface area contributed by atoms with Crippen molar-refractivity contribution in [1.82, 2.24) is 4.57 Å². The highest BCUT2D eigenvalue weighted by molar-refractivity contribution is 7.07. The van der Waals surface area contributed by atoms with E-state index in [1.807, 2.05) is 32.9 Å². The average Bonchev–Trinajstić information content (AvgIpc) is 2.92. The Kier molecular flexibility index (Phi) is 5.08. The Labute approximate surface area is 153 Å². The molecule has 26 heavy (non-hydrogen) atoms. The van der Waals surface area contributed by atoms with Gasteiger partial charge in [-0.2, -0.15) is 0 Å². The van der Waals surface area contributed by atoms with Crippen LogP contribution in [0.5, 0.6) is 0 Å². The number of fused-ring (bicyclic) bond motifs is 1. The summed E-state index contributed by atoms with van der Waals surface area (Å²) in [6.45, 7) is 5.92. The predicted octanol–water partition coefficient (Wildman–Crippen LogP) is 3.07. The minimum Gasteiger partial charge on any atom is -0.461 e. The normalized spacial score (nSPS) is 11.0. The summed E-state index contributed by atoms with van der Waals surface area (Å²) in [6.07, 6.45) is 0.0923. The monoisotopic (exact) mass is 373 g/mol. The summed E-state index contributed by atoms with van der Waals surface area (Å²) < 4.78 is 12.2. The van der Waals surface area contributed by atoms with Crippen molar-refractivity contribution in [3.05, 3.63) is 66.1 Å². The van der Waals surface area contributed by atoms with Gasteiger partial charge in [-0.1, -0.05) is 23.5 Å². The van der Waals surface area contributed by atoms with Crippen molar-refractivity contribution in [1.29, 1.82) is 0 Å². The highest BCUT2D eigenvalue weighted by atomic mass is 32.1. The van der Waals surface area contributed by atoms with Crippen LogP contribution in [0.25, 0.3) is 11.0 Å². The first-order chi connectivity index (χ1) is 12.4. The van der Waals surface area contributed by atoms with Crippen LogP contribution in [0.4, 0.5) is 0 Å². The maximum Gasteiger partial charge on any atom is 0.336 e. The van der Waals surface area contributed by atoms with E-state index < -0.39 is 11.6 Å². The lowest BCUT2D eigenvalue weighted by molar-refractivity contribution is -0.145. The number of rotatable bonds is 5. The smallest absolute Gasteiger partial charge is 0.336 e. The van der Waals surface area contributed by atoms with Crippen molar-refractivity contribution >= 4 is 28.3 Å². The molecule has 0 saturated carbocycles. The summed E-state index contributed by atoms with van der Waals surface area (Å²) in [4.78, 5) is 35.4. The number of aromatic nitrogens is 1. The minimum absolute atomic E-state index is 0.0129. The molecule has 0 bridgehead atoms. The number of benzene rings is 1. The molecule has 0 unspecified atom stereocenters. The van der Waals surface area contributed by atoms with Crippen molar-refractivity contribution in [3.63, 3.8) is 0 Å². The first-order valence-corrected chi connectivity index (χ1v) is 9.08. The van der Waals surface area contributed by atoms with E-state index in [4.69, 9.17) is 9.15 Å². The summed E-state index contributed by atoms with van der Waals surface area (Å²) in [7, 11) is 0. The molecule has 0 atom stereocenters. The molecule has 0 radical (unpaired) electrons. The van der Waals surface area contributed by atoms with Crippen LogP contribution in [-0.2, 0) is 22.7 Å². The molecular weight excluding hydrogens is 354 g/mol. The van der Waals surface area contributed by atoms with Gasteiger partial charge in [0.1, 0.15) is 12.2 Å². The zero-order chi connectivity index (χ0) is 18.8. The Morgan fingerprint density at radius 3 is 2.69 bits per heavy atom. The van der Waals surface area contributed by atoms with Gasteiger partial charge in [-0.25, -0.2) is 4.79 Å². The van der Waals surface area contributed by atoms with Crippen molar-refractivity contribution in [2.45, 2.75) is 40.3 Å². The fraction of sp³-hybridized carbons (Fsp3) is 0.316. The number of carbonyl (C=O) groups is 1. The Bertz CT molecular complexity index is 1090. The fourth-order valence-electron chi connectivity index (χ4n) is 2.75. The SMILES string of the molecule is Cc1ccc2c(COC(=O)CCn3c(C)csc3=O)cc(=O)oc2c1C. The number of aryl methyl sites for hydroxylation is 3. The van der Waals surface area contributed by atoms with Crippen LogP contribution in [0.1, 0.15) is 28.8 Å². The highest BCUT2D eigenvalue weighted by Gasteiger charge is 2.12. The van der Waals surface area contributed by atoms with Crippen molar-refractivity contribution < 1.29 is 13.9 Å².